The topological polar surface area (TPSA) is 46.1 Å². The number of benzene rings is 2. The van der Waals surface area contributed by atoms with Crippen molar-refractivity contribution >= 4 is 11.5 Å². The molecule has 0 aliphatic carbocycles. The fraction of sp³-hybridized carbons (Fsp3) is 0.278. The molecule has 2 aromatic rings. The lowest BCUT2D eigenvalue weighted by molar-refractivity contribution is 0.357. The van der Waals surface area contributed by atoms with Crippen LogP contribution in [0.15, 0.2) is 41.4 Å². The molecule has 2 aliphatic rings. The summed E-state index contributed by atoms with van der Waals surface area (Å²) >= 11 is 0. The monoisotopic (exact) mass is 327 g/mol. The van der Waals surface area contributed by atoms with Gasteiger partial charge in [0.1, 0.15) is 28.8 Å². The molecule has 0 unspecified atom stereocenters. The van der Waals surface area contributed by atoms with E-state index in [1.165, 1.54) is 12.1 Å². The average Bonchev–Trinajstić information content (AvgIpc) is 2.78. The minimum Gasteiger partial charge on any atom is -0.497 e. The van der Waals surface area contributed by atoms with Gasteiger partial charge in [0.2, 0.25) is 0 Å². The zero-order chi connectivity index (χ0) is 16.5. The first kappa shape index (κ1) is 15.0. The highest BCUT2D eigenvalue weighted by Crippen LogP contribution is 2.39. The number of hydrogen-bond donors (Lipinski definition) is 1. The number of methoxy groups -OCH3 is 1. The fourth-order valence-corrected chi connectivity index (χ4v) is 2.97. The number of nitrogens with zero attached hydrogens (tertiary/aromatic N) is 2. The lowest BCUT2D eigenvalue weighted by Gasteiger charge is -2.30. The van der Waals surface area contributed by atoms with Gasteiger partial charge in [0.05, 0.1) is 12.7 Å². The summed E-state index contributed by atoms with van der Waals surface area (Å²) in [5, 5.41) is 3.33. The van der Waals surface area contributed by atoms with Gasteiger partial charge < -0.3 is 19.7 Å². The normalized spacial score (nSPS) is 16.4. The Hall–Kier alpha value is -2.60. The number of fused-ring (bicyclic) bond motifs is 2. The van der Waals surface area contributed by atoms with E-state index >= 15 is 0 Å². The third-order valence-corrected chi connectivity index (χ3v) is 4.21. The van der Waals surface area contributed by atoms with Crippen molar-refractivity contribution in [3.8, 4) is 17.2 Å². The molecule has 0 spiro atoms. The molecule has 0 amide bonds. The Balaban J connectivity index is 1.87. The zero-order valence-corrected chi connectivity index (χ0v) is 13.4. The lowest BCUT2D eigenvalue weighted by atomic mass is 10.1. The molecule has 0 radical (unpaired) electrons. The zero-order valence-electron chi connectivity index (χ0n) is 13.4. The molecule has 6 heteroatoms. The SMILES string of the molecule is COc1ccc2c(c1)Oc1ccc(F)cc1N=C2N1CCNCC1. The number of nitrogens with one attached hydrogen (secondary N) is 1. The molecule has 124 valence electrons. The van der Waals surface area contributed by atoms with Gasteiger partial charge in [-0.15, -0.1) is 0 Å². The maximum Gasteiger partial charge on any atom is 0.153 e. The number of halogens is 1. The summed E-state index contributed by atoms with van der Waals surface area (Å²) in [7, 11) is 1.62. The van der Waals surface area contributed by atoms with Crippen molar-refractivity contribution in [1.82, 2.24) is 10.2 Å². The van der Waals surface area contributed by atoms with E-state index in [9.17, 15) is 4.39 Å². The number of ether oxygens (including phenoxy) is 2. The van der Waals surface area contributed by atoms with E-state index in [-0.39, 0.29) is 5.82 Å². The van der Waals surface area contributed by atoms with Crippen LogP contribution >= 0.6 is 0 Å². The summed E-state index contributed by atoms with van der Waals surface area (Å²) in [5.41, 5.74) is 1.38. The molecule has 5 nitrogen and oxygen atoms in total. The van der Waals surface area contributed by atoms with Gasteiger partial charge in [-0.2, -0.15) is 0 Å². The van der Waals surface area contributed by atoms with Crippen molar-refractivity contribution in [1.29, 1.82) is 0 Å². The molecule has 0 bridgehead atoms. The standard InChI is InChI=1S/C18H18FN3O2/c1-23-13-3-4-14-17(11-13)24-16-5-2-12(19)10-15(16)21-18(14)22-8-6-20-7-9-22/h2-5,10-11,20H,6-9H2,1H3. The van der Waals surface area contributed by atoms with Gasteiger partial charge in [-0.1, -0.05) is 0 Å². The van der Waals surface area contributed by atoms with Crippen LogP contribution in [0.1, 0.15) is 5.56 Å². The maximum absolute atomic E-state index is 13.7. The second-order valence-electron chi connectivity index (χ2n) is 5.75. The first-order valence-electron chi connectivity index (χ1n) is 7.95. The van der Waals surface area contributed by atoms with Crippen molar-refractivity contribution in [2.75, 3.05) is 33.3 Å². The van der Waals surface area contributed by atoms with Crippen LogP contribution in [0, 0.1) is 5.82 Å². The third kappa shape index (κ3) is 2.69. The number of amidine groups is 1. The van der Waals surface area contributed by atoms with E-state index in [1.54, 1.807) is 13.2 Å². The summed E-state index contributed by atoms with van der Waals surface area (Å²) in [5.74, 6) is 2.38. The summed E-state index contributed by atoms with van der Waals surface area (Å²) in [6.07, 6.45) is 0. The Morgan fingerprint density at radius 2 is 1.96 bits per heavy atom. The third-order valence-electron chi connectivity index (χ3n) is 4.21. The van der Waals surface area contributed by atoms with Crippen molar-refractivity contribution in [3.63, 3.8) is 0 Å². The second kappa shape index (κ2) is 6.13. The van der Waals surface area contributed by atoms with Crippen molar-refractivity contribution in [3.05, 3.63) is 47.8 Å². The van der Waals surface area contributed by atoms with E-state index in [1.807, 2.05) is 18.2 Å². The van der Waals surface area contributed by atoms with Gasteiger partial charge in [-0.3, -0.25) is 0 Å². The highest BCUT2D eigenvalue weighted by molar-refractivity contribution is 6.04. The van der Waals surface area contributed by atoms with E-state index in [4.69, 9.17) is 14.5 Å². The molecule has 1 saturated heterocycles. The first-order valence-corrected chi connectivity index (χ1v) is 7.95. The van der Waals surface area contributed by atoms with Gasteiger partial charge in [-0.25, -0.2) is 9.38 Å². The molecular formula is C18H18FN3O2. The van der Waals surface area contributed by atoms with Crippen molar-refractivity contribution < 1.29 is 13.9 Å². The molecule has 2 aromatic carbocycles. The molecule has 4 rings (SSSR count). The highest BCUT2D eigenvalue weighted by atomic mass is 19.1. The second-order valence-corrected chi connectivity index (χ2v) is 5.75. The molecule has 24 heavy (non-hydrogen) atoms. The minimum absolute atomic E-state index is 0.329. The van der Waals surface area contributed by atoms with Gasteiger partial charge in [0, 0.05) is 38.3 Å². The quantitative estimate of drug-likeness (QED) is 0.875. The van der Waals surface area contributed by atoms with Crippen LogP contribution in [-0.4, -0.2) is 44.0 Å². The van der Waals surface area contributed by atoms with Gasteiger partial charge in [-0.05, 0) is 24.3 Å². The van der Waals surface area contributed by atoms with E-state index in [2.05, 4.69) is 10.2 Å². The predicted octanol–water partition coefficient (Wildman–Crippen LogP) is 2.92. The van der Waals surface area contributed by atoms with Crippen LogP contribution in [0.5, 0.6) is 17.2 Å². The molecule has 0 saturated carbocycles. The minimum atomic E-state index is -0.329. The van der Waals surface area contributed by atoms with Crippen LogP contribution in [0.2, 0.25) is 0 Å². The lowest BCUT2D eigenvalue weighted by Crippen LogP contribution is -2.46. The molecule has 1 N–H and O–H groups in total. The van der Waals surface area contributed by atoms with Crippen LogP contribution in [0.25, 0.3) is 0 Å². The summed E-state index contributed by atoms with van der Waals surface area (Å²) in [6.45, 7) is 3.46. The molecule has 2 heterocycles. The number of rotatable bonds is 1. The molecule has 0 aromatic heterocycles. The first-order chi connectivity index (χ1) is 11.7. The number of hydrogen-bond acceptors (Lipinski definition) is 5. The van der Waals surface area contributed by atoms with Gasteiger partial charge in [0.15, 0.2) is 5.75 Å². The summed E-state index contributed by atoms with van der Waals surface area (Å²) < 4.78 is 25.0. The molecule has 0 atom stereocenters. The smallest absolute Gasteiger partial charge is 0.153 e. The molecular weight excluding hydrogens is 309 g/mol. The Morgan fingerprint density at radius 1 is 1.12 bits per heavy atom. The van der Waals surface area contributed by atoms with Crippen LogP contribution in [-0.2, 0) is 0 Å². The Labute approximate surface area is 139 Å². The highest BCUT2D eigenvalue weighted by Gasteiger charge is 2.24. The number of aliphatic imine (C=N–C) groups is 1. The van der Waals surface area contributed by atoms with Crippen LogP contribution < -0.4 is 14.8 Å². The fourth-order valence-electron chi connectivity index (χ4n) is 2.97. The summed E-state index contributed by atoms with van der Waals surface area (Å²) in [6, 6.07) is 10.1. The molecule has 1 fully saturated rings. The van der Waals surface area contributed by atoms with Crippen molar-refractivity contribution in [2.45, 2.75) is 0 Å². The Kier molecular flexibility index (Phi) is 3.82. The predicted molar refractivity (Wildman–Crippen MR) is 90.1 cm³/mol. The summed E-state index contributed by atoms with van der Waals surface area (Å²) in [4.78, 5) is 6.93. The Bertz CT molecular complexity index is 801. The van der Waals surface area contributed by atoms with E-state index < -0.39 is 0 Å². The largest absolute Gasteiger partial charge is 0.497 e. The van der Waals surface area contributed by atoms with Gasteiger partial charge in [0.25, 0.3) is 0 Å². The number of piperazine rings is 1. The van der Waals surface area contributed by atoms with Gasteiger partial charge >= 0.3 is 0 Å². The van der Waals surface area contributed by atoms with Crippen LogP contribution in [0.3, 0.4) is 0 Å². The Morgan fingerprint density at radius 3 is 2.75 bits per heavy atom. The van der Waals surface area contributed by atoms with Crippen molar-refractivity contribution in [2.24, 2.45) is 4.99 Å². The van der Waals surface area contributed by atoms with Crippen LogP contribution in [0.4, 0.5) is 10.1 Å². The van der Waals surface area contributed by atoms with E-state index in [0.29, 0.717) is 22.9 Å². The average molecular weight is 327 g/mol. The van der Waals surface area contributed by atoms with E-state index in [0.717, 1.165) is 37.6 Å². The molecule has 2 aliphatic heterocycles. The maximum atomic E-state index is 13.7.